The summed E-state index contributed by atoms with van der Waals surface area (Å²) >= 11 is 3.37. The van der Waals surface area contributed by atoms with Gasteiger partial charge in [0.15, 0.2) is 5.84 Å². The summed E-state index contributed by atoms with van der Waals surface area (Å²) in [5.41, 5.74) is 6.75. The summed E-state index contributed by atoms with van der Waals surface area (Å²) in [4.78, 5) is 0. The van der Waals surface area contributed by atoms with E-state index in [1.807, 2.05) is 25.1 Å². The zero-order valence-electron chi connectivity index (χ0n) is 11.3. The van der Waals surface area contributed by atoms with Gasteiger partial charge in [-0.1, -0.05) is 33.2 Å². The zero-order chi connectivity index (χ0) is 15.4. The van der Waals surface area contributed by atoms with Gasteiger partial charge in [0.05, 0.1) is 5.56 Å². The van der Waals surface area contributed by atoms with Gasteiger partial charge in [0.2, 0.25) is 0 Å². The molecule has 0 saturated carbocycles. The summed E-state index contributed by atoms with van der Waals surface area (Å²) in [6, 6.07) is 10.2. The van der Waals surface area contributed by atoms with Crippen LogP contribution in [0.2, 0.25) is 0 Å². The van der Waals surface area contributed by atoms with E-state index in [2.05, 4.69) is 21.1 Å². The third kappa shape index (κ3) is 3.52. The van der Waals surface area contributed by atoms with Crippen molar-refractivity contribution in [2.75, 3.05) is 0 Å². The summed E-state index contributed by atoms with van der Waals surface area (Å²) in [6.07, 6.45) is 0. The Morgan fingerprint density at radius 1 is 1.38 bits per heavy atom. The molecule has 0 aliphatic rings. The molecule has 0 amide bonds. The Morgan fingerprint density at radius 3 is 2.81 bits per heavy atom. The van der Waals surface area contributed by atoms with Crippen LogP contribution in [0.5, 0.6) is 5.75 Å². The predicted octanol–water partition coefficient (Wildman–Crippen LogP) is 3.57. The Hall–Kier alpha value is -2.08. The molecule has 6 heteroatoms. The third-order valence-electron chi connectivity index (χ3n) is 2.98. The molecule has 4 nitrogen and oxygen atoms in total. The average Bonchev–Trinajstić information content (AvgIpc) is 2.47. The average molecular weight is 353 g/mol. The second-order valence-electron chi connectivity index (χ2n) is 4.46. The van der Waals surface area contributed by atoms with E-state index in [0.717, 1.165) is 10.0 Å². The SMILES string of the molecule is Cc1cc(Br)ccc1OCc1cccc(/C(N)=N/O)c1F. The largest absolute Gasteiger partial charge is 0.489 e. The van der Waals surface area contributed by atoms with Crippen LogP contribution >= 0.6 is 15.9 Å². The predicted molar refractivity (Wildman–Crippen MR) is 82.1 cm³/mol. The molecular formula is C15H14BrFN2O2. The van der Waals surface area contributed by atoms with Crippen molar-refractivity contribution in [2.45, 2.75) is 13.5 Å². The molecule has 0 unspecified atom stereocenters. The molecule has 0 heterocycles. The Bertz CT molecular complexity index is 689. The number of hydrogen-bond donors (Lipinski definition) is 2. The van der Waals surface area contributed by atoms with E-state index >= 15 is 0 Å². The molecule has 3 N–H and O–H groups in total. The van der Waals surface area contributed by atoms with Gasteiger partial charge in [0.25, 0.3) is 0 Å². The summed E-state index contributed by atoms with van der Waals surface area (Å²) in [5.74, 6) is -0.150. The van der Waals surface area contributed by atoms with Gasteiger partial charge in [-0.15, -0.1) is 0 Å². The van der Waals surface area contributed by atoms with Gasteiger partial charge < -0.3 is 15.7 Å². The topological polar surface area (TPSA) is 67.8 Å². The molecule has 0 aliphatic heterocycles. The van der Waals surface area contributed by atoms with Crippen LogP contribution in [0.4, 0.5) is 4.39 Å². The maximum absolute atomic E-state index is 14.2. The van der Waals surface area contributed by atoms with Gasteiger partial charge in [-0.3, -0.25) is 0 Å². The summed E-state index contributed by atoms with van der Waals surface area (Å²) < 4.78 is 20.8. The van der Waals surface area contributed by atoms with Crippen LogP contribution in [-0.2, 0) is 6.61 Å². The normalized spacial score (nSPS) is 11.5. The molecule has 0 fully saturated rings. The summed E-state index contributed by atoms with van der Waals surface area (Å²) in [6.45, 7) is 1.96. The number of ether oxygens (including phenoxy) is 1. The summed E-state index contributed by atoms with van der Waals surface area (Å²) in [5, 5.41) is 11.4. The van der Waals surface area contributed by atoms with E-state index in [1.165, 1.54) is 6.07 Å². The smallest absolute Gasteiger partial charge is 0.173 e. The quantitative estimate of drug-likeness (QED) is 0.382. The van der Waals surface area contributed by atoms with Gasteiger partial charge in [-0.25, -0.2) is 4.39 Å². The third-order valence-corrected chi connectivity index (χ3v) is 3.48. The van der Waals surface area contributed by atoms with Crippen molar-refractivity contribution < 1.29 is 14.3 Å². The van der Waals surface area contributed by atoms with Crippen LogP contribution in [0.3, 0.4) is 0 Å². The minimum Gasteiger partial charge on any atom is -0.489 e. The molecule has 0 atom stereocenters. The lowest BCUT2D eigenvalue weighted by Crippen LogP contribution is -2.16. The van der Waals surface area contributed by atoms with Crippen molar-refractivity contribution >= 4 is 21.8 Å². The summed E-state index contributed by atoms with van der Waals surface area (Å²) in [7, 11) is 0. The first-order valence-corrected chi connectivity index (χ1v) is 6.96. The standard InChI is InChI=1S/C15H14BrFN2O2/c1-9-7-11(16)5-6-13(9)21-8-10-3-2-4-12(14(10)17)15(18)19-20/h2-7,20H,8H2,1H3,(H2,18,19). The molecule has 110 valence electrons. The minimum absolute atomic E-state index is 0.0473. The fourth-order valence-corrected chi connectivity index (χ4v) is 2.35. The molecule has 2 aromatic rings. The fourth-order valence-electron chi connectivity index (χ4n) is 1.87. The van der Waals surface area contributed by atoms with E-state index < -0.39 is 5.82 Å². The lowest BCUT2D eigenvalue weighted by Gasteiger charge is -2.11. The van der Waals surface area contributed by atoms with Crippen LogP contribution in [0.15, 0.2) is 46.0 Å². The maximum atomic E-state index is 14.2. The highest BCUT2D eigenvalue weighted by Crippen LogP contribution is 2.23. The molecule has 0 bridgehead atoms. The minimum atomic E-state index is -0.553. The van der Waals surface area contributed by atoms with Gasteiger partial charge in [0.1, 0.15) is 18.2 Å². The van der Waals surface area contributed by atoms with Crippen LogP contribution in [0, 0.1) is 12.7 Å². The number of aryl methyl sites for hydroxylation is 1. The number of halogens is 2. The molecule has 2 rings (SSSR count). The number of nitrogens with zero attached hydrogens (tertiary/aromatic N) is 1. The Labute approximate surface area is 130 Å². The Balaban J connectivity index is 2.21. The first-order valence-electron chi connectivity index (χ1n) is 6.17. The van der Waals surface area contributed by atoms with Crippen molar-refractivity contribution in [1.29, 1.82) is 0 Å². The van der Waals surface area contributed by atoms with E-state index in [1.54, 1.807) is 12.1 Å². The monoisotopic (exact) mass is 352 g/mol. The first kappa shape index (κ1) is 15.3. The fraction of sp³-hybridized carbons (Fsp3) is 0.133. The molecule has 0 aliphatic carbocycles. The Kier molecular flexibility index (Phi) is 4.80. The number of nitrogens with two attached hydrogens (primary N) is 1. The highest BCUT2D eigenvalue weighted by Gasteiger charge is 2.12. The van der Waals surface area contributed by atoms with E-state index in [9.17, 15) is 4.39 Å². The van der Waals surface area contributed by atoms with Gasteiger partial charge in [0, 0.05) is 10.0 Å². The number of rotatable bonds is 4. The first-order chi connectivity index (χ1) is 10.0. The van der Waals surface area contributed by atoms with Crippen molar-refractivity contribution in [2.24, 2.45) is 10.9 Å². The molecule has 0 saturated heterocycles. The Morgan fingerprint density at radius 2 is 2.14 bits per heavy atom. The number of hydrogen-bond acceptors (Lipinski definition) is 3. The number of benzene rings is 2. The highest BCUT2D eigenvalue weighted by atomic mass is 79.9. The second-order valence-corrected chi connectivity index (χ2v) is 5.38. The van der Waals surface area contributed by atoms with Crippen LogP contribution < -0.4 is 10.5 Å². The maximum Gasteiger partial charge on any atom is 0.173 e. The lowest BCUT2D eigenvalue weighted by molar-refractivity contribution is 0.297. The molecule has 2 aromatic carbocycles. The van der Waals surface area contributed by atoms with Crippen LogP contribution in [-0.4, -0.2) is 11.0 Å². The van der Waals surface area contributed by atoms with Crippen molar-refractivity contribution in [1.82, 2.24) is 0 Å². The molecular weight excluding hydrogens is 339 g/mol. The molecule has 0 radical (unpaired) electrons. The van der Waals surface area contributed by atoms with Gasteiger partial charge in [-0.05, 0) is 36.8 Å². The van der Waals surface area contributed by atoms with Gasteiger partial charge in [-0.2, -0.15) is 0 Å². The van der Waals surface area contributed by atoms with Crippen LogP contribution in [0.25, 0.3) is 0 Å². The molecule has 21 heavy (non-hydrogen) atoms. The van der Waals surface area contributed by atoms with Crippen LogP contribution in [0.1, 0.15) is 16.7 Å². The second kappa shape index (κ2) is 6.58. The van der Waals surface area contributed by atoms with E-state index in [4.69, 9.17) is 15.7 Å². The number of oxime groups is 1. The van der Waals surface area contributed by atoms with Crippen molar-refractivity contribution in [3.05, 3.63) is 63.4 Å². The van der Waals surface area contributed by atoms with Crippen molar-refractivity contribution in [3.63, 3.8) is 0 Å². The lowest BCUT2D eigenvalue weighted by atomic mass is 10.1. The van der Waals surface area contributed by atoms with E-state index in [-0.39, 0.29) is 18.0 Å². The zero-order valence-corrected chi connectivity index (χ0v) is 12.9. The highest BCUT2D eigenvalue weighted by molar-refractivity contribution is 9.10. The molecule has 0 spiro atoms. The van der Waals surface area contributed by atoms with Crippen molar-refractivity contribution in [3.8, 4) is 5.75 Å². The van der Waals surface area contributed by atoms with E-state index in [0.29, 0.717) is 11.3 Å². The number of amidine groups is 1. The molecule has 0 aromatic heterocycles. The van der Waals surface area contributed by atoms with Gasteiger partial charge >= 0.3 is 0 Å².